The Hall–Kier alpha value is -3.07. The van der Waals surface area contributed by atoms with Crippen molar-refractivity contribution in [3.63, 3.8) is 0 Å². The minimum absolute atomic E-state index is 0.801. The van der Waals surface area contributed by atoms with E-state index in [2.05, 4.69) is 49.2 Å². The Labute approximate surface area is 153 Å². The number of furan rings is 1. The highest BCUT2D eigenvalue weighted by Gasteiger charge is 2.12. The average Bonchev–Trinajstić information content (AvgIpc) is 3.18. The summed E-state index contributed by atoms with van der Waals surface area (Å²) in [7, 11) is 1.70. The largest absolute Gasteiger partial charge is 0.496 e. The van der Waals surface area contributed by atoms with Gasteiger partial charge in [0.05, 0.1) is 25.3 Å². The van der Waals surface area contributed by atoms with E-state index >= 15 is 0 Å². The van der Waals surface area contributed by atoms with Gasteiger partial charge in [0.25, 0.3) is 0 Å². The molecule has 0 radical (unpaired) electrons. The molecular formula is C23H21NO2. The number of aryl methyl sites for hydroxylation is 2. The van der Waals surface area contributed by atoms with Crippen LogP contribution in [0.1, 0.15) is 22.4 Å². The fraction of sp³-hybridized carbons (Fsp3) is 0.174. The van der Waals surface area contributed by atoms with Gasteiger partial charge in [-0.15, -0.1) is 0 Å². The van der Waals surface area contributed by atoms with E-state index in [1.165, 1.54) is 16.7 Å². The van der Waals surface area contributed by atoms with Crippen LogP contribution in [0.4, 0.5) is 0 Å². The summed E-state index contributed by atoms with van der Waals surface area (Å²) in [6.45, 7) is 4.29. The molecule has 0 saturated heterocycles. The SMILES string of the molecule is COc1cc2ccnc(Cc3ccc(C)c(C)c3)c2cc1-c1ccoc1. The third-order valence-electron chi connectivity index (χ3n) is 4.94. The van der Waals surface area contributed by atoms with Crippen LogP contribution in [0, 0.1) is 13.8 Å². The molecule has 0 atom stereocenters. The lowest BCUT2D eigenvalue weighted by molar-refractivity contribution is 0.417. The van der Waals surface area contributed by atoms with Gasteiger partial charge in [0.2, 0.25) is 0 Å². The van der Waals surface area contributed by atoms with E-state index in [9.17, 15) is 0 Å². The Morgan fingerprint density at radius 2 is 1.88 bits per heavy atom. The Bertz CT molecular complexity index is 1070. The quantitative estimate of drug-likeness (QED) is 0.476. The number of aromatic nitrogens is 1. The normalized spacial score (nSPS) is 11.0. The number of rotatable bonds is 4. The zero-order chi connectivity index (χ0) is 18.1. The van der Waals surface area contributed by atoms with Crippen molar-refractivity contribution >= 4 is 10.8 Å². The predicted molar refractivity (Wildman–Crippen MR) is 105 cm³/mol. The maximum atomic E-state index is 5.60. The Balaban J connectivity index is 1.84. The fourth-order valence-corrected chi connectivity index (χ4v) is 3.32. The Morgan fingerprint density at radius 3 is 2.62 bits per heavy atom. The third-order valence-corrected chi connectivity index (χ3v) is 4.94. The van der Waals surface area contributed by atoms with Crippen molar-refractivity contribution in [1.82, 2.24) is 4.98 Å². The maximum Gasteiger partial charge on any atom is 0.127 e. The van der Waals surface area contributed by atoms with Gasteiger partial charge in [-0.25, -0.2) is 0 Å². The van der Waals surface area contributed by atoms with Gasteiger partial charge >= 0.3 is 0 Å². The maximum absolute atomic E-state index is 5.60. The lowest BCUT2D eigenvalue weighted by Gasteiger charge is -2.12. The zero-order valence-electron chi connectivity index (χ0n) is 15.2. The summed E-state index contributed by atoms with van der Waals surface area (Å²) in [6, 6.07) is 14.8. The minimum atomic E-state index is 0.801. The second-order valence-electron chi connectivity index (χ2n) is 6.64. The van der Waals surface area contributed by atoms with Crippen LogP contribution < -0.4 is 4.74 Å². The molecule has 26 heavy (non-hydrogen) atoms. The van der Waals surface area contributed by atoms with Crippen molar-refractivity contribution in [2.45, 2.75) is 20.3 Å². The van der Waals surface area contributed by atoms with Crippen LogP contribution >= 0.6 is 0 Å². The van der Waals surface area contributed by atoms with Crippen LogP contribution in [-0.4, -0.2) is 12.1 Å². The highest BCUT2D eigenvalue weighted by Crippen LogP contribution is 2.35. The van der Waals surface area contributed by atoms with Gasteiger partial charge < -0.3 is 9.15 Å². The first-order valence-corrected chi connectivity index (χ1v) is 8.70. The number of pyridine rings is 1. The molecule has 2 aromatic heterocycles. The minimum Gasteiger partial charge on any atom is -0.496 e. The van der Waals surface area contributed by atoms with E-state index in [1.807, 2.05) is 18.3 Å². The van der Waals surface area contributed by atoms with Crippen LogP contribution in [0.3, 0.4) is 0 Å². The summed E-state index contributed by atoms with van der Waals surface area (Å²) in [5, 5.41) is 2.27. The number of hydrogen-bond donors (Lipinski definition) is 0. The molecule has 4 aromatic rings. The molecule has 0 unspecified atom stereocenters. The molecule has 2 aromatic carbocycles. The Morgan fingerprint density at radius 1 is 1.00 bits per heavy atom. The van der Waals surface area contributed by atoms with E-state index in [4.69, 9.17) is 9.15 Å². The summed E-state index contributed by atoms with van der Waals surface area (Å²) in [5.74, 6) is 0.835. The van der Waals surface area contributed by atoms with Crippen molar-refractivity contribution < 1.29 is 9.15 Å². The van der Waals surface area contributed by atoms with E-state index in [-0.39, 0.29) is 0 Å². The van der Waals surface area contributed by atoms with Gasteiger partial charge in [-0.05, 0) is 60.2 Å². The Kier molecular flexibility index (Phi) is 4.21. The first kappa shape index (κ1) is 16.4. The highest BCUT2D eigenvalue weighted by atomic mass is 16.5. The van der Waals surface area contributed by atoms with E-state index in [1.54, 1.807) is 19.6 Å². The van der Waals surface area contributed by atoms with Gasteiger partial charge in [-0.2, -0.15) is 0 Å². The molecule has 0 spiro atoms. The van der Waals surface area contributed by atoms with Crippen molar-refractivity contribution in [3.8, 4) is 16.9 Å². The molecule has 130 valence electrons. The summed E-state index contributed by atoms with van der Waals surface area (Å²) in [5.41, 5.74) is 6.98. The molecule has 3 heteroatoms. The molecule has 4 rings (SSSR count). The van der Waals surface area contributed by atoms with Crippen LogP contribution in [0.2, 0.25) is 0 Å². The number of fused-ring (bicyclic) bond motifs is 1. The van der Waals surface area contributed by atoms with E-state index in [0.29, 0.717) is 0 Å². The smallest absolute Gasteiger partial charge is 0.127 e. The van der Waals surface area contributed by atoms with Gasteiger partial charge in [-0.1, -0.05) is 18.2 Å². The summed E-state index contributed by atoms with van der Waals surface area (Å²) < 4.78 is 10.9. The molecule has 0 aliphatic heterocycles. The monoisotopic (exact) mass is 343 g/mol. The molecule has 0 aliphatic carbocycles. The topological polar surface area (TPSA) is 35.3 Å². The average molecular weight is 343 g/mol. The molecule has 0 aliphatic rings. The summed E-state index contributed by atoms with van der Waals surface area (Å²) in [6.07, 6.45) is 6.09. The van der Waals surface area contributed by atoms with E-state index < -0.39 is 0 Å². The molecule has 0 saturated carbocycles. The van der Waals surface area contributed by atoms with Gasteiger partial charge in [0, 0.05) is 29.1 Å². The number of benzene rings is 2. The van der Waals surface area contributed by atoms with Gasteiger partial charge in [0.15, 0.2) is 0 Å². The second kappa shape index (κ2) is 6.68. The predicted octanol–water partition coefficient (Wildman–Crippen LogP) is 5.71. The van der Waals surface area contributed by atoms with Gasteiger partial charge in [-0.3, -0.25) is 4.98 Å². The molecular weight excluding hydrogens is 322 g/mol. The molecule has 0 amide bonds. The number of nitrogens with zero attached hydrogens (tertiary/aromatic N) is 1. The molecule has 0 bridgehead atoms. The highest BCUT2D eigenvalue weighted by molar-refractivity contribution is 5.92. The molecule has 2 heterocycles. The number of ether oxygens (including phenoxy) is 1. The zero-order valence-corrected chi connectivity index (χ0v) is 15.2. The first-order chi connectivity index (χ1) is 12.7. The van der Waals surface area contributed by atoms with Crippen molar-refractivity contribution in [2.75, 3.05) is 7.11 Å². The first-order valence-electron chi connectivity index (χ1n) is 8.70. The number of hydrogen-bond acceptors (Lipinski definition) is 3. The fourth-order valence-electron chi connectivity index (χ4n) is 3.32. The standard InChI is InChI=1S/C23H21NO2/c1-15-4-5-17(10-16(15)2)11-22-20-13-21(19-7-9-26-14-19)23(25-3)12-18(20)6-8-24-22/h4-10,12-14H,11H2,1-3H3. The van der Waals surface area contributed by atoms with Crippen molar-refractivity contribution in [3.05, 3.63) is 83.6 Å². The molecule has 0 N–H and O–H groups in total. The lowest BCUT2D eigenvalue weighted by Crippen LogP contribution is -1.96. The molecule has 3 nitrogen and oxygen atoms in total. The summed E-state index contributed by atoms with van der Waals surface area (Å²) in [4.78, 5) is 4.67. The lowest BCUT2D eigenvalue weighted by atomic mass is 9.97. The number of methoxy groups -OCH3 is 1. The van der Waals surface area contributed by atoms with Crippen molar-refractivity contribution in [1.29, 1.82) is 0 Å². The van der Waals surface area contributed by atoms with Crippen LogP contribution in [-0.2, 0) is 6.42 Å². The van der Waals surface area contributed by atoms with Crippen LogP contribution in [0.5, 0.6) is 5.75 Å². The second-order valence-corrected chi connectivity index (χ2v) is 6.64. The van der Waals surface area contributed by atoms with Crippen molar-refractivity contribution in [2.24, 2.45) is 0 Å². The summed E-state index contributed by atoms with van der Waals surface area (Å²) >= 11 is 0. The van der Waals surface area contributed by atoms with Crippen LogP contribution in [0.25, 0.3) is 21.9 Å². The molecule has 0 fully saturated rings. The van der Waals surface area contributed by atoms with Crippen LogP contribution in [0.15, 0.2) is 65.6 Å². The van der Waals surface area contributed by atoms with Gasteiger partial charge in [0.1, 0.15) is 5.75 Å². The third kappa shape index (κ3) is 2.97. The van der Waals surface area contributed by atoms with E-state index in [0.717, 1.165) is 39.8 Å².